The molecule has 1 N–H and O–H groups in total. The van der Waals surface area contributed by atoms with E-state index in [4.69, 9.17) is 4.84 Å². The van der Waals surface area contributed by atoms with Crippen LogP contribution >= 0.6 is 0 Å². The van der Waals surface area contributed by atoms with Gasteiger partial charge in [-0.1, -0.05) is 59.8 Å². The normalized spacial score (nSPS) is 20.6. The Morgan fingerprint density at radius 3 is 2.52 bits per heavy atom. The topological polar surface area (TPSA) is 41.8 Å². The van der Waals surface area contributed by atoms with Crippen LogP contribution < -0.4 is 0 Å². The maximum Gasteiger partial charge on any atom is 0.121 e. The van der Waals surface area contributed by atoms with E-state index in [1.807, 2.05) is 25.1 Å². The third-order valence-electron chi connectivity index (χ3n) is 5.13. The lowest BCUT2D eigenvalue weighted by molar-refractivity contribution is 0.147. The Morgan fingerprint density at radius 2 is 1.84 bits per heavy atom. The number of benzene rings is 2. The van der Waals surface area contributed by atoms with Crippen molar-refractivity contribution in [1.82, 2.24) is 0 Å². The van der Waals surface area contributed by atoms with Gasteiger partial charge in [0.05, 0.1) is 5.71 Å². The highest BCUT2D eigenvalue weighted by Gasteiger charge is 2.25. The number of aliphatic hydroxyl groups is 1. The molecule has 2 aromatic rings. The summed E-state index contributed by atoms with van der Waals surface area (Å²) in [5.74, 6) is 1.07. The lowest BCUT2D eigenvalue weighted by Gasteiger charge is -2.11. The molecule has 0 unspecified atom stereocenters. The van der Waals surface area contributed by atoms with Gasteiger partial charge in [0.2, 0.25) is 0 Å². The molecule has 2 aromatic carbocycles. The Bertz CT molecular complexity index is 679. The van der Waals surface area contributed by atoms with Gasteiger partial charge in [0, 0.05) is 13.0 Å². The predicted molar refractivity (Wildman–Crippen MR) is 102 cm³/mol. The Morgan fingerprint density at radius 1 is 1.08 bits per heavy atom. The summed E-state index contributed by atoms with van der Waals surface area (Å²) < 4.78 is 0. The average Bonchev–Trinajstić information content (AvgIpc) is 3.15. The largest absolute Gasteiger partial charge is 0.396 e. The van der Waals surface area contributed by atoms with Crippen LogP contribution in [0.25, 0.3) is 0 Å². The van der Waals surface area contributed by atoms with Gasteiger partial charge >= 0.3 is 0 Å². The van der Waals surface area contributed by atoms with Crippen molar-refractivity contribution >= 4 is 5.71 Å². The molecule has 0 amide bonds. The summed E-state index contributed by atoms with van der Waals surface area (Å²) in [6, 6.07) is 18.9. The van der Waals surface area contributed by atoms with Gasteiger partial charge in [-0.25, -0.2) is 0 Å². The number of rotatable bonds is 7. The maximum atomic E-state index is 9.29. The smallest absolute Gasteiger partial charge is 0.121 e. The Labute approximate surface area is 150 Å². The van der Waals surface area contributed by atoms with Gasteiger partial charge in [0.15, 0.2) is 0 Å². The molecule has 0 heterocycles. The lowest BCUT2D eigenvalue weighted by atomic mass is 9.95. The third kappa shape index (κ3) is 4.93. The van der Waals surface area contributed by atoms with Crippen LogP contribution in [0.3, 0.4) is 0 Å². The number of nitrogens with zero attached hydrogens (tertiary/aromatic N) is 1. The van der Waals surface area contributed by atoms with Crippen LogP contribution in [0, 0.1) is 5.92 Å². The van der Waals surface area contributed by atoms with Crippen LogP contribution in [0.15, 0.2) is 59.8 Å². The van der Waals surface area contributed by atoms with Crippen molar-refractivity contribution in [2.75, 3.05) is 13.2 Å². The van der Waals surface area contributed by atoms with E-state index < -0.39 is 0 Å². The van der Waals surface area contributed by atoms with Gasteiger partial charge in [-0.05, 0) is 54.7 Å². The van der Waals surface area contributed by atoms with E-state index in [1.165, 1.54) is 17.5 Å². The van der Waals surface area contributed by atoms with E-state index in [0.29, 0.717) is 25.0 Å². The molecule has 0 radical (unpaired) electrons. The minimum atomic E-state index is 0.320. The highest BCUT2D eigenvalue weighted by molar-refractivity contribution is 5.98. The van der Waals surface area contributed by atoms with Crippen molar-refractivity contribution < 1.29 is 9.94 Å². The monoisotopic (exact) mass is 337 g/mol. The fourth-order valence-corrected chi connectivity index (χ4v) is 3.54. The zero-order valence-corrected chi connectivity index (χ0v) is 14.9. The molecule has 25 heavy (non-hydrogen) atoms. The molecular weight excluding hydrogens is 310 g/mol. The van der Waals surface area contributed by atoms with E-state index in [9.17, 15) is 5.11 Å². The fraction of sp³-hybridized carbons (Fsp3) is 0.409. The highest BCUT2D eigenvalue weighted by atomic mass is 16.6. The van der Waals surface area contributed by atoms with Crippen LogP contribution in [0.1, 0.15) is 48.8 Å². The SMILES string of the molecule is C/C(=N\OCCc1ccccc1)c1ccc([C@@H]2CC[C@H](CO)C2)cc1. The number of hydrogen-bond acceptors (Lipinski definition) is 3. The summed E-state index contributed by atoms with van der Waals surface area (Å²) in [5, 5.41) is 13.5. The second-order valence-electron chi connectivity index (χ2n) is 6.93. The summed E-state index contributed by atoms with van der Waals surface area (Å²) in [4.78, 5) is 5.47. The van der Waals surface area contributed by atoms with Gasteiger partial charge in [0.1, 0.15) is 6.61 Å². The molecule has 1 saturated carbocycles. The molecule has 3 rings (SSSR count). The Kier molecular flexibility index (Phi) is 6.24. The third-order valence-corrected chi connectivity index (χ3v) is 5.13. The van der Waals surface area contributed by atoms with Gasteiger partial charge in [-0.3, -0.25) is 0 Å². The van der Waals surface area contributed by atoms with E-state index in [-0.39, 0.29) is 0 Å². The van der Waals surface area contributed by atoms with Crippen LogP contribution in [0.5, 0.6) is 0 Å². The van der Waals surface area contributed by atoms with Crippen molar-refractivity contribution in [1.29, 1.82) is 0 Å². The Balaban J connectivity index is 1.51. The minimum Gasteiger partial charge on any atom is -0.396 e. The summed E-state index contributed by atoms with van der Waals surface area (Å²) in [6.07, 6.45) is 4.29. The first-order chi connectivity index (χ1) is 12.3. The zero-order valence-electron chi connectivity index (χ0n) is 14.9. The molecule has 2 atom stereocenters. The lowest BCUT2D eigenvalue weighted by Crippen LogP contribution is -2.02. The van der Waals surface area contributed by atoms with Crippen molar-refractivity contribution in [2.24, 2.45) is 11.1 Å². The first-order valence-electron chi connectivity index (χ1n) is 9.18. The molecule has 0 aromatic heterocycles. The molecule has 0 aliphatic heterocycles. The summed E-state index contributed by atoms with van der Waals surface area (Å²) >= 11 is 0. The number of aliphatic hydroxyl groups excluding tert-OH is 1. The van der Waals surface area contributed by atoms with Crippen molar-refractivity contribution in [3.8, 4) is 0 Å². The van der Waals surface area contributed by atoms with Crippen LogP contribution in [-0.4, -0.2) is 24.0 Å². The molecule has 1 fully saturated rings. The zero-order chi connectivity index (χ0) is 17.5. The summed E-state index contributed by atoms with van der Waals surface area (Å²) in [7, 11) is 0. The van der Waals surface area contributed by atoms with Gasteiger partial charge in [-0.15, -0.1) is 0 Å². The standard InChI is InChI=1S/C22H27NO2/c1-17(23-25-14-13-18-5-3-2-4-6-18)20-9-11-21(12-10-20)22-8-7-19(15-22)16-24/h2-6,9-12,19,22,24H,7-8,13-16H2,1H3/b23-17+/t19-,22+/m0/s1. The molecule has 0 bridgehead atoms. The van der Waals surface area contributed by atoms with Crippen LogP contribution in [-0.2, 0) is 11.3 Å². The number of oxime groups is 1. The van der Waals surface area contributed by atoms with Gasteiger partial charge < -0.3 is 9.94 Å². The Hall–Kier alpha value is -2.13. The minimum absolute atomic E-state index is 0.320. The van der Waals surface area contributed by atoms with E-state index in [0.717, 1.165) is 30.5 Å². The average molecular weight is 337 g/mol. The molecule has 1 aliphatic carbocycles. The van der Waals surface area contributed by atoms with Crippen LogP contribution in [0.4, 0.5) is 0 Å². The van der Waals surface area contributed by atoms with Crippen molar-refractivity contribution in [3.63, 3.8) is 0 Å². The second kappa shape index (κ2) is 8.82. The summed E-state index contributed by atoms with van der Waals surface area (Å²) in [6.45, 7) is 2.89. The molecule has 0 saturated heterocycles. The second-order valence-corrected chi connectivity index (χ2v) is 6.93. The predicted octanol–water partition coefficient (Wildman–Crippen LogP) is 4.55. The van der Waals surface area contributed by atoms with E-state index in [2.05, 4.69) is 41.6 Å². The quantitative estimate of drug-likeness (QED) is 0.458. The fourth-order valence-electron chi connectivity index (χ4n) is 3.54. The van der Waals surface area contributed by atoms with Gasteiger partial charge in [-0.2, -0.15) is 0 Å². The molecule has 3 heteroatoms. The summed E-state index contributed by atoms with van der Waals surface area (Å²) in [5.41, 5.74) is 4.63. The molecular formula is C22H27NO2. The number of hydrogen-bond donors (Lipinski definition) is 1. The van der Waals surface area contributed by atoms with E-state index >= 15 is 0 Å². The molecule has 1 aliphatic rings. The van der Waals surface area contributed by atoms with E-state index in [1.54, 1.807) is 0 Å². The maximum absolute atomic E-state index is 9.29. The molecule has 0 spiro atoms. The van der Waals surface area contributed by atoms with Crippen molar-refractivity contribution in [2.45, 2.75) is 38.5 Å². The molecule has 132 valence electrons. The first-order valence-corrected chi connectivity index (χ1v) is 9.18. The van der Waals surface area contributed by atoms with Gasteiger partial charge in [0.25, 0.3) is 0 Å². The van der Waals surface area contributed by atoms with Crippen molar-refractivity contribution in [3.05, 3.63) is 71.3 Å². The molecule has 3 nitrogen and oxygen atoms in total. The van der Waals surface area contributed by atoms with Crippen LogP contribution in [0.2, 0.25) is 0 Å². The highest BCUT2D eigenvalue weighted by Crippen LogP contribution is 2.37. The first kappa shape index (κ1) is 17.7.